The van der Waals surface area contributed by atoms with Crippen LogP contribution in [0.15, 0.2) is 83.3 Å². The summed E-state index contributed by atoms with van der Waals surface area (Å²) in [4.78, 5) is 14.9. The number of amides is 1. The first-order chi connectivity index (χ1) is 13.6. The minimum atomic E-state index is -0.118. The van der Waals surface area contributed by atoms with Crippen molar-refractivity contribution in [1.29, 1.82) is 0 Å². The van der Waals surface area contributed by atoms with Crippen LogP contribution in [0.25, 0.3) is 16.9 Å². The van der Waals surface area contributed by atoms with Crippen molar-refractivity contribution in [3.05, 3.63) is 96.1 Å². The molecule has 0 radical (unpaired) electrons. The van der Waals surface area contributed by atoms with Gasteiger partial charge < -0.3 is 9.32 Å². The number of aromatic nitrogens is 2. The lowest BCUT2D eigenvalue weighted by atomic mass is 10.1. The number of rotatable bonds is 5. The summed E-state index contributed by atoms with van der Waals surface area (Å²) in [5.41, 5.74) is 3.08. The Labute approximate surface area is 163 Å². The third-order valence-electron chi connectivity index (χ3n) is 4.53. The van der Waals surface area contributed by atoms with Crippen LogP contribution in [0.2, 0.25) is 0 Å². The van der Waals surface area contributed by atoms with Crippen LogP contribution in [0.1, 0.15) is 22.0 Å². The summed E-state index contributed by atoms with van der Waals surface area (Å²) in [6.45, 7) is 2.29. The average molecular weight is 371 g/mol. The van der Waals surface area contributed by atoms with Crippen LogP contribution >= 0.6 is 0 Å². The smallest absolute Gasteiger partial charge is 0.272 e. The molecule has 0 unspecified atom stereocenters. The number of hydrogen-bond acceptors (Lipinski definition) is 3. The minimum Gasteiger partial charge on any atom is -0.464 e. The molecule has 2 aromatic heterocycles. The second kappa shape index (κ2) is 7.56. The molecule has 140 valence electrons. The van der Waals surface area contributed by atoms with E-state index in [1.807, 2.05) is 85.8 Å². The average Bonchev–Trinajstić information content (AvgIpc) is 3.35. The van der Waals surface area contributed by atoms with E-state index in [2.05, 4.69) is 0 Å². The monoisotopic (exact) mass is 371 g/mol. The molecule has 2 heterocycles. The molecule has 0 bridgehead atoms. The lowest BCUT2D eigenvalue weighted by Crippen LogP contribution is -2.28. The van der Waals surface area contributed by atoms with E-state index in [1.54, 1.807) is 16.6 Å². The first kappa shape index (κ1) is 17.8. The lowest BCUT2D eigenvalue weighted by Gasteiger charge is -2.16. The van der Waals surface area contributed by atoms with E-state index in [0.717, 1.165) is 28.5 Å². The summed E-state index contributed by atoms with van der Waals surface area (Å²) in [5.74, 6) is 1.46. The van der Waals surface area contributed by atoms with Gasteiger partial charge in [0.05, 0.1) is 17.9 Å². The Balaban J connectivity index is 1.72. The molecule has 0 aliphatic carbocycles. The maximum atomic E-state index is 13.2. The Morgan fingerprint density at radius 1 is 1.00 bits per heavy atom. The zero-order chi connectivity index (χ0) is 19.5. The van der Waals surface area contributed by atoms with Gasteiger partial charge in [-0.25, -0.2) is 4.68 Å². The molecule has 0 aliphatic heterocycles. The van der Waals surface area contributed by atoms with E-state index in [4.69, 9.17) is 9.52 Å². The van der Waals surface area contributed by atoms with Crippen LogP contribution in [0.4, 0.5) is 0 Å². The summed E-state index contributed by atoms with van der Waals surface area (Å²) >= 11 is 0. The number of benzene rings is 2. The van der Waals surface area contributed by atoms with Gasteiger partial charge in [-0.1, -0.05) is 48.5 Å². The third-order valence-corrected chi connectivity index (χ3v) is 4.53. The molecule has 0 N–H and O–H groups in total. The van der Waals surface area contributed by atoms with E-state index in [1.165, 1.54) is 0 Å². The van der Waals surface area contributed by atoms with Crippen LogP contribution in [-0.4, -0.2) is 27.6 Å². The van der Waals surface area contributed by atoms with Gasteiger partial charge in [0, 0.05) is 12.6 Å². The molecule has 5 nitrogen and oxygen atoms in total. The SMILES string of the molecule is Cc1ccc(CN(C)C(=O)c2cc(-c3ccccc3)nn2-c2ccccc2)o1. The van der Waals surface area contributed by atoms with Gasteiger partial charge in [0.15, 0.2) is 0 Å². The van der Waals surface area contributed by atoms with Crippen LogP contribution in [0, 0.1) is 6.92 Å². The maximum absolute atomic E-state index is 13.2. The molecule has 28 heavy (non-hydrogen) atoms. The van der Waals surface area contributed by atoms with E-state index >= 15 is 0 Å². The molecule has 0 aliphatic rings. The fourth-order valence-electron chi connectivity index (χ4n) is 3.12. The predicted molar refractivity (Wildman–Crippen MR) is 108 cm³/mol. The van der Waals surface area contributed by atoms with E-state index in [9.17, 15) is 4.79 Å². The Bertz CT molecular complexity index is 1080. The van der Waals surface area contributed by atoms with Crippen molar-refractivity contribution in [2.24, 2.45) is 0 Å². The van der Waals surface area contributed by atoms with Gasteiger partial charge >= 0.3 is 0 Å². The van der Waals surface area contributed by atoms with Gasteiger partial charge in [0.1, 0.15) is 17.2 Å². The molecular weight excluding hydrogens is 350 g/mol. The van der Waals surface area contributed by atoms with Gasteiger partial charge in [-0.05, 0) is 37.3 Å². The molecule has 0 saturated heterocycles. The normalized spacial score (nSPS) is 10.8. The first-order valence-electron chi connectivity index (χ1n) is 9.13. The Morgan fingerprint density at radius 3 is 2.32 bits per heavy atom. The van der Waals surface area contributed by atoms with Crippen LogP contribution < -0.4 is 0 Å². The molecule has 4 aromatic rings. The van der Waals surface area contributed by atoms with Crippen molar-refractivity contribution >= 4 is 5.91 Å². The topological polar surface area (TPSA) is 51.3 Å². The fraction of sp³-hybridized carbons (Fsp3) is 0.130. The highest BCUT2D eigenvalue weighted by molar-refractivity contribution is 5.94. The third kappa shape index (κ3) is 3.60. The largest absolute Gasteiger partial charge is 0.464 e. The number of nitrogens with zero attached hydrogens (tertiary/aromatic N) is 3. The van der Waals surface area contributed by atoms with Crippen molar-refractivity contribution in [1.82, 2.24) is 14.7 Å². The molecule has 0 spiro atoms. The van der Waals surface area contributed by atoms with E-state index in [-0.39, 0.29) is 5.91 Å². The summed E-state index contributed by atoms with van der Waals surface area (Å²) in [7, 11) is 1.77. The molecule has 0 fully saturated rings. The molecule has 2 aromatic carbocycles. The quantitative estimate of drug-likeness (QED) is 0.510. The summed E-state index contributed by atoms with van der Waals surface area (Å²) in [5, 5.41) is 4.71. The number of carbonyl (C=O) groups is 1. The van der Waals surface area contributed by atoms with Gasteiger partial charge in [0.25, 0.3) is 5.91 Å². The summed E-state index contributed by atoms with van der Waals surface area (Å²) in [6, 6.07) is 25.2. The molecule has 0 saturated carbocycles. The summed E-state index contributed by atoms with van der Waals surface area (Å²) < 4.78 is 7.32. The van der Waals surface area contributed by atoms with Crippen molar-refractivity contribution in [3.63, 3.8) is 0 Å². The maximum Gasteiger partial charge on any atom is 0.272 e. The predicted octanol–water partition coefficient (Wildman–Crippen LogP) is 4.71. The van der Waals surface area contributed by atoms with E-state index < -0.39 is 0 Å². The number of para-hydroxylation sites is 1. The van der Waals surface area contributed by atoms with Crippen molar-refractivity contribution in [3.8, 4) is 16.9 Å². The highest BCUT2D eigenvalue weighted by Gasteiger charge is 2.21. The van der Waals surface area contributed by atoms with Gasteiger partial charge in [-0.2, -0.15) is 5.10 Å². The highest BCUT2D eigenvalue weighted by Crippen LogP contribution is 2.23. The molecule has 1 amide bonds. The minimum absolute atomic E-state index is 0.118. The van der Waals surface area contributed by atoms with Gasteiger partial charge in [-0.3, -0.25) is 4.79 Å². The Hall–Kier alpha value is -3.60. The molecular formula is C23H21N3O2. The van der Waals surface area contributed by atoms with E-state index in [0.29, 0.717) is 12.2 Å². The fourth-order valence-corrected chi connectivity index (χ4v) is 3.12. The zero-order valence-electron chi connectivity index (χ0n) is 15.9. The van der Waals surface area contributed by atoms with Gasteiger partial charge in [0.2, 0.25) is 0 Å². The molecule has 0 atom stereocenters. The Morgan fingerprint density at radius 2 is 1.68 bits per heavy atom. The van der Waals surface area contributed by atoms with Crippen LogP contribution in [0.3, 0.4) is 0 Å². The Kier molecular flexibility index (Phi) is 4.81. The highest BCUT2D eigenvalue weighted by atomic mass is 16.3. The molecule has 4 rings (SSSR count). The van der Waals surface area contributed by atoms with Crippen molar-refractivity contribution in [2.45, 2.75) is 13.5 Å². The van der Waals surface area contributed by atoms with Crippen molar-refractivity contribution in [2.75, 3.05) is 7.05 Å². The zero-order valence-corrected chi connectivity index (χ0v) is 15.9. The van der Waals surface area contributed by atoms with Gasteiger partial charge in [-0.15, -0.1) is 0 Å². The van der Waals surface area contributed by atoms with Crippen LogP contribution in [0.5, 0.6) is 0 Å². The number of aryl methyl sites for hydroxylation is 1. The summed E-state index contributed by atoms with van der Waals surface area (Å²) in [6.07, 6.45) is 0. The van der Waals surface area contributed by atoms with Crippen molar-refractivity contribution < 1.29 is 9.21 Å². The standard InChI is InChI=1S/C23H21N3O2/c1-17-13-14-20(28-17)16-25(2)23(27)22-15-21(18-9-5-3-6-10-18)24-26(22)19-11-7-4-8-12-19/h3-15H,16H2,1-2H3. The second-order valence-electron chi connectivity index (χ2n) is 6.70. The number of furan rings is 1. The lowest BCUT2D eigenvalue weighted by molar-refractivity contribution is 0.0766. The second-order valence-corrected chi connectivity index (χ2v) is 6.70. The molecule has 5 heteroatoms. The van der Waals surface area contributed by atoms with Crippen LogP contribution in [-0.2, 0) is 6.54 Å². The number of carbonyl (C=O) groups excluding carboxylic acids is 1. The first-order valence-corrected chi connectivity index (χ1v) is 9.13. The number of hydrogen-bond donors (Lipinski definition) is 0.